The lowest BCUT2D eigenvalue weighted by Crippen LogP contribution is -2.39. The number of methoxy groups -OCH3 is 1. The lowest BCUT2D eigenvalue weighted by molar-refractivity contribution is 0.0602. The molecule has 2 amide bonds. The highest BCUT2D eigenvalue weighted by Crippen LogP contribution is 2.17. The zero-order valence-corrected chi connectivity index (χ0v) is 13.3. The number of hydrogen-bond donors (Lipinski definition) is 3. The van der Waals surface area contributed by atoms with Crippen LogP contribution in [0.3, 0.4) is 0 Å². The molecule has 0 aliphatic heterocycles. The normalized spacial score (nSPS) is 11.2. The van der Waals surface area contributed by atoms with Crippen molar-refractivity contribution in [1.82, 2.24) is 5.32 Å². The van der Waals surface area contributed by atoms with Crippen LogP contribution in [0.25, 0.3) is 0 Å². The highest BCUT2D eigenvalue weighted by Gasteiger charge is 2.14. The summed E-state index contributed by atoms with van der Waals surface area (Å²) in [6.07, 6.45) is -0.625. The van der Waals surface area contributed by atoms with Crippen molar-refractivity contribution in [3.8, 4) is 11.5 Å². The summed E-state index contributed by atoms with van der Waals surface area (Å²) in [6.45, 7) is 1.65. The summed E-state index contributed by atoms with van der Waals surface area (Å²) >= 11 is 0. The van der Waals surface area contributed by atoms with Crippen molar-refractivity contribution in [2.75, 3.05) is 12.4 Å². The van der Waals surface area contributed by atoms with Gasteiger partial charge < -0.3 is 25.2 Å². The minimum Gasteiger partial charge on any atom is -0.508 e. The fourth-order valence-electron chi connectivity index (χ4n) is 1.98. The van der Waals surface area contributed by atoms with Crippen LogP contribution in [0.1, 0.15) is 17.3 Å². The second-order valence-corrected chi connectivity index (χ2v) is 4.89. The van der Waals surface area contributed by atoms with E-state index in [4.69, 9.17) is 4.74 Å². The average molecular weight is 330 g/mol. The van der Waals surface area contributed by atoms with Gasteiger partial charge in [-0.05, 0) is 43.3 Å². The van der Waals surface area contributed by atoms with Gasteiger partial charge in [0, 0.05) is 0 Å². The molecule has 7 nitrogen and oxygen atoms in total. The number of esters is 1. The van der Waals surface area contributed by atoms with Crippen LogP contribution in [0.2, 0.25) is 0 Å². The average Bonchev–Trinajstić information content (AvgIpc) is 2.56. The van der Waals surface area contributed by atoms with Gasteiger partial charge in [0.25, 0.3) is 0 Å². The van der Waals surface area contributed by atoms with Gasteiger partial charge in [-0.1, -0.05) is 12.1 Å². The summed E-state index contributed by atoms with van der Waals surface area (Å²) in [5, 5.41) is 14.4. The second kappa shape index (κ2) is 7.87. The van der Waals surface area contributed by atoms with E-state index in [1.165, 1.54) is 19.2 Å². The van der Waals surface area contributed by atoms with Crippen molar-refractivity contribution in [2.24, 2.45) is 0 Å². The van der Waals surface area contributed by atoms with Crippen molar-refractivity contribution in [3.63, 3.8) is 0 Å². The SMILES string of the molecule is COC(=O)c1ccccc1NC(=O)NC(C)Oc1ccc(O)cc1. The smallest absolute Gasteiger partial charge is 0.339 e. The summed E-state index contributed by atoms with van der Waals surface area (Å²) in [7, 11) is 1.27. The molecule has 1 atom stereocenters. The summed E-state index contributed by atoms with van der Waals surface area (Å²) < 4.78 is 10.2. The number of anilines is 1. The van der Waals surface area contributed by atoms with Crippen LogP contribution >= 0.6 is 0 Å². The topological polar surface area (TPSA) is 96.9 Å². The van der Waals surface area contributed by atoms with E-state index in [0.29, 0.717) is 11.4 Å². The minimum atomic E-state index is -0.625. The minimum absolute atomic E-state index is 0.125. The molecule has 24 heavy (non-hydrogen) atoms. The first-order chi connectivity index (χ1) is 11.5. The number of carbonyl (C=O) groups is 2. The zero-order chi connectivity index (χ0) is 17.5. The predicted octanol–water partition coefficient (Wildman–Crippen LogP) is 2.73. The number of urea groups is 1. The first-order valence-electron chi connectivity index (χ1n) is 7.20. The Kier molecular flexibility index (Phi) is 5.62. The first kappa shape index (κ1) is 17.1. The van der Waals surface area contributed by atoms with E-state index in [1.54, 1.807) is 43.3 Å². The molecule has 0 aliphatic carbocycles. The molecular weight excluding hydrogens is 312 g/mol. The van der Waals surface area contributed by atoms with E-state index in [2.05, 4.69) is 15.4 Å². The van der Waals surface area contributed by atoms with Gasteiger partial charge in [0.1, 0.15) is 11.5 Å². The Morgan fingerprint density at radius 1 is 1.08 bits per heavy atom. The monoisotopic (exact) mass is 330 g/mol. The summed E-state index contributed by atoms with van der Waals surface area (Å²) in [4.78, 5) is 23.7. The Hall–Kier alpha value is -3.22. The van der Waals surface area contributed by atoms with E-state index in [-0.39, 0.29) is 11.3 Å². The number of carbonyl (C=O) groups excluding carboxylic acids is 2. The van der Waals surface area contributed by atoms with Gasteiger partial charge in [0.05, 0.1) is 18.4 Å². The van der Waals surface area contributed by atoms with Crippen LogP contribution in [0.15, 0.2) is 48.5 Å². The Bertz CT molecular complexity index is 715. The van der Waals surface area contributed by atoms with Crippen LogP contribution in [-0.4, -0.2) is 30.4 Å². The molecule has 0 saturated heterocycles. The molecule has 2 aromatic rings. The maximum absolute atomic E-state index is 12.0. The van der Waals surface area contributed by atoms with Crippen LogP contribution in [0.4, 0.5) is 10.5 Å². The maximum Gasteiger partial charge on any atom is 0.339 e. The van der Waals surface area contributed by atoms with E-state index in [9.17, 15) is 14.7 Å². The van der Waals surface area contributed by atoms with Crippen molar-refractivity contribution >= 4 is 17.7 Å². The lowest BCUT2D eigenvalue weighted by Gasteiger charge is -2.17. The van der Waals surface area contributed by atoms with Crippen molar-refractivity contribution in [1.29, 1.82) is 0 Å². The first-order valence-corrected chi connectivity index (χ1v) is 7.20. The van der Waals surface area contributed by atoms with Gasteiger partial charge in [-0.2, -0.15) is 0 Å². The fourth-order valence-corrected chi connectivity index (χ4v) is 1.98. The number of ether oxygens (including phenoxy) is 2. The molecule has 0 saturated carbocycles. The predicted molar refractivity (Wildman–Crippen MR) is 88.1 cm³/mol. The molecule has 0 spiro atoms. The molecule has 0 heterocycles. The van der Waals surface area contributed by atoms with Crippen LogP contribution in [0.5, 0.6) is 11.5 Å². The van der Waals surface area contributed by atoms with Crippen molar-refractivity contribution in [3.05, 3.63) is 54.1 Å². The number of phenolic OH excluding ortho intramolecular Hbond substituents is 1. The number of aromatic hydroxyl groups is 1. The van der Waals surface area contributed by atoms with E-state index < -0.39 is 18.2 Å². The third kappa shape index (κ3) is 4.64. The quantitative estimate of drug-likeness (QED) is 0.578. The third-order valence-corrected chi connectivity index (χ3v) is 3.06. The Balaban J connectivity index is 1.95. The van der Waals surface area contributed by atoms with Gasteiger partial charge in [-0.3, -0.25) is 0 Å². The Morgan fingerprint density at radius 3 is 2.42 bits per heavy atom. The summed E-state index contributed by atoms with van der Waals surface area (Å²) in [5.74, 6) is 0.0787. The second-order valence-electron chi connectivity index (χ2n) is 4.89. The third-order valence-electron chi connectivity index (χ3n) is 3.06. The number of benzene rings is 2. The number of nitrogens with one attached hydrogen (secondary N) is 2. The fraction of sp³-hybridized carbons (Fsp3) is 0.176. The van der Waals surface area contributed by atoms with E-state index in [1.807, 2.05) is 0 Å². The molecule has 0 aliphatic rings. The number of hydrogen-bond acceptors (Lipinski definition) is 5. The van der Waals surface area contributed by atoms with Crippen LogP contribution in [0, 0.1) is 0 Å². The van der Waals surface area contributed by atoms with Crippen LogP contribution in [-0.2, 0) is 4.74 Å². The molecule has 0 aromatic heterocycles. The molecule has 7 heteroatoms. The van der Waals surface area contributed by atoms with E-state index >= 15 is 0 Å². The Morgan fingerprint density at radius 2 is 1.75 bits per heavy atom. The highest BCUT2D eigenvalue weighted by molar-refractivity contribution is 6.00. The molecular formula is C17H18N2O5. The Labute approximate surface area is 139 Å². The molecule has 3 N–H and O–H groups in total. The molecule has 2 rings (SSSR count). The molecule has 1 unspecified atom stereocenters. The molecule has 126 valence electrons. The van der Waals surface area contributed by atoms with Crippen molar-refractivity contribution in [2.45, 2.75) is 13.2 Å². The van der Waals surface area contributed by atoms with Gasteiger partial charge in [-0.15, -0.1) is 0 Å². The van der Waals surface area contributed by atoms with Crippen LogP contribution < -0.4 is 15.4 Å². The molecule has 0 fully saturated rings. The van der Waals surface area contributed by atoms with Crippen molar-refractivity contribution < 1.29 is 24.2 Å². The molecule has 0 radical (unpaired) electrons. The van der Waals surface area contributed by atoms with Gasteiger partial charge in [0.2, 0.25) is 0 Å². The van der Waals surface area contributed by atoms with E-state index in [0.717, 1.165) is 0 Å². The number of amides is 2. The van der Waals surface area contributed by atoms with Gasteiger partial charge in [0.15, 0.2) is 6.23 Å². The zero-order valence-electron chi connectivity index (χ0n) is 13.3. The lowest BCUT2D eigenvalue weighted by atomic mass is 10.2. The summed E-state index contributed by atoms with van der Waals surface area (Å²) in [5.41, 5.74) is 0.584. The highest BCUT2D eigenvalue weighted by atomic mass is 16.5. The number of para-hydroxylation sites is 1. The van der Waals surface area contributed by atoms with Gasteiger partial charge >= 0.3 is 12.0 Å². The standard InChI is InChI=1S/C17H18N2O5/c1-11(24-13-9-7-12(20)8-10-13)18-17(22)19-15-6-4-3-5-14(15)16(21)23-2/h3-11,20H,1-2H3,(H2,18,19,22). The molecule has 0 bridgehead atoms. The largest absolute Gasteiger partial charge is 0.508 e. The maximum atomic E-state index is 12.0. The molecule has 2 aromatic carbocycles. The van der Waals surface area contributed by atoms with Gasteiger partial charge in [-0.25, -0.2) is 9.59 Å². The number of rotatable bonds is 5. The summed E-state index contributed by atoms with van der Waals surface area (Å²) in [6, 6.07) is 12.1. The number of phenols is 1.